The summed E-state index contributed by atoms with van der Waals surface area (Å²) in [5, 5.41) is 13.2. The first-order chi connectivity index (χ1) is 8.29. The average Bonchev–Trinajstić information content (AvgIpc) is 2.28. The van der Waals surface area contributed by atoms with Crippen molar-refractivity contribution in [2.45, 2.75) is 44.0 Å². The van der Waals surface area contributed by atoms with E-state index < -0.39 is 24.5 Å². The van der Waals surface area contributed by atoms with E-state index in [1.54, 1.807) is 0 Å². The number of alkyl halides is 3. The minimum absolute atomic E-state index is 0.149. The zero-order chi connectivity index (χ0) is 13.8. The fraction of sp³-hybridized carbons (Fsp3) is 0.800. The monoisotopic (exact) mass is 268 g/mol. The molecule has 8 heteroatoms. The maximum absolute atomic E-state index is 11.8. The van der Waals surface area contributed by atoms with Gasteiger partial charge in [0, 0.05) is 6.04 Å². The van der Waals surface area contributed by atoms with E-state index in [9.17, 15) is 27.9 Å². The molecule has 0 radical (unpaired) electrons. The molecule has 1 aliphatic carbocycles. The third kappa shape index (κ3) is 4.91. The van der Waals surface area contributed by atoms with Crippen molar-refractivity contribution in [1.82, 2.24) is 10.6 Å². The van der Waals surface area contributed by atoms with Crippen molar-refractivity contribution in [3.05, 3.63) is 0 Å². The van der Waals surface area contributed by atoms with Crippen molar-refractivity contribution in [2.75, 3.05) is 6.54 Å². The summed E-state index contributed by atoms with van der Waals surface area (Å²) < 4.78 is 35.5. The van der Waals surface area contributed by atoms with Crippen LogP contribution in [0.4, 0.5) is 13.2 Å². The predicted octanol–water partition coefficient (Wildman–Crippen LogP) is 0.0846. The Labute approximate surface area is 102 Å². The topological polar surface area (TPSA) is 78.4 Å². The van der Waals surface area contributed by atoms with Gasteiger partial charge in [-0.2, -0.15) is 13.2 Å². The molecule has 1 saturated carbocycles. The minimum atomic E-state index is -4.98. The molecule has 0 bridgehead atoms. The standard InChI is InChI=1S/C10H15F3N2O3/c11-10(12,13)9(18)14-5-8(17)15-6-1-3-7(16)4-2-6/h6-7,16H,1-5H2,(H,14,18)(H,15,17). The van der Waals surface area contributed by atoms with E-state index in [4.69, 9.17) is 0 Å². The summed E-state index contributed by atoms with van der Waals surface area (Å²) in [5.41, 5.74) is 0. The lowest BCUT2D eigenvalue weighted by atomic mass is 9.93. The summed E-state index contributed by atoms with van der Waals surface area (Å²) in [6.45, 7) is -0.697. The fourth-order valence-corrected chi connectivity index (χ4v) is 1.76. The number of halogens is 3. The van der Waals surface area contributed by atoms with E-state index in [-0.39, 0.29) is 12.1 Å². The summed E-state index contributed by atoms with van der Waals surface area (Å²) >= 11 is 0. The second-order valence-corrected chi connectivity index (χ2v) is 4.25. The average molecular weight is 268 g/mol. The van der Waals surface area contributed by atoms with Crippen LogP contribution in [0.5, 0.6) is 0 Å². The Morgan fingerprint density at radius 2 is 1.72 bits per heavy atom. The van der Waals surface area contributed by atoms with Gasteiger partial charge in [-0.1, -0.05) is 0 Å². The molecule has 1 aliphatic rings. The van der Waals surface area contributed by atoms with E-state index in [1.807, 2.05) is 0 Å². The number of rotatable bonds is 3. The highest BCUT2D eigenvalue weighted by Gasteiger charge is 2.38. The smallest absolute Gasteiger partial charge is 0.393 e. The minimum Gasteiger partial charge on any atom is -0.393 e. The molecule has 0 aromatic carbocycles. The summed E-state index contributed by atoms with van der Waals surface area (Å²) in [5.74, 6) is -2.79. The third-order valence-electron chi connectivity index (χ3n) is 2.73. The van der Waals surface area contributed by atoms with Crippen molar-refractivity contribution in [3.8, 4) is 0 Å². The van der Waals surface area contributed by atoms with Crippen molar-refractivity contribution in [1.29, 1.82) is 0 Å². The quantitative estimate of drug-likeness (QED) is 0.678. The van der Waals surface area contributed by atoms with Gasteiger partial charge in [-0.3, -0.25) is 9.59 Å². The second-order valence-electron chi connectivity index (χ2n) is 4.25. The van der Waals surface area contributed by atoms with E-state index in [0.29, 0.717) is 25.7 Å². The van der Waals surface area contributed by atoms with Gasteiger partial charge in [0.15, 0.2) is 0 Å². The molecular formula is C10H15F3N2O3. The van der Waals surface area contributed by atoms with Crippen LogP contribution in [0.3, 0.4) is 0 Å². The van der Waals surface area contributed by atoms with Gasteiger partial charge in [0.25, 0.3) is 0 Å². The van der Waals surface area contributed by atoms with Crippen LogP contribution in [0.2, 0.25) is 0 Å². The Hall–Kier alpha value is -1.31. The lowest BCUT2D eigenvalue weighted by molar-refractivity contribution is -0.173. The van der Waals surface area contributed by atoms with Crippen molar-refractivity contribution >= 4 is 11.8 Å². The van der Waals surface area contributed by atoms with Crippen LogP contribution in [0, 0.1) is 0 Å². The van der Waals surface area contributed by atoms with Gasteiger partial charge in [-0.05, 0) is 25.7 Å². The molecule has 0 spiro atoms. The van der Waals surface area contributed by atoms with Crippen LogP contribution < -0.4 is 10.6 Å². The lowest BCUT2D eigenvalue weighted by Crippen LogP contribution is -2.46. The third-order valence-corrected chi connectivity index (χ3v) is 2.73. The van der Waals surface area contributed by atoms with Crippen molar-refractivity contribution in [3.63, 3.8) is 0 Å². The summed E-state index contributed by atoms with van der Waals surface area (Å²) in [7, 11) is 0. The SMILES string of the molecule is O=C(CNC(=O)C(F)(F)F)NC1CCC(O)CC1. The largest absolute Gasteiger partial charge is 0.471 e. The Kier molecular flexibility index (Phi) is 4.94. The van der Waals surface area contributed by atoms with Crippen LogP contribution in [-0.2, 0) is 9.59 Å². The van der Waals surface area contributed by atoms with Gasteiger partial charge in [0.2, 0.25) is 5.91 Å². The zero-order valence-corrected chi connectivity index (χ0v) is 9.59. The molecule has 0 unspecified atom stereocenters. The lowest BCUT2D eigenvalue weighted by Gasteiger charge is -2.26. The first-order valence-corrected chi connectivity index (χ1v) is 5.61. The number of aliphatic hydroxyl groups is 1. The first kappa shape index (κ1) is 14.7. The zero-order valence-electron chi connectivity index (χ0n) is 9.59. The van der Waals surface area contributed by atoms with Crippen LogP contribution >= 0.6 is 0 Å². The van der Waals surface area contributed by atoms with Crippen LogP contribution in [0.1, 0.15) is 25.7 Å². The van der Waals surface area contributed by atoms with Gasteiger partial charge < -0.3 is 15.7 Å². The normalized spacial score (nSPS) is 24.4. The molecule has 3 N–H and O–H groups in total. The second kappa shape index (κ2) is 6.03. The molecule has 0 aromatic rings. The van der Waals surface area contributed by atoms with E-state index in [2.05, 4.69) is 5.32 Å². The highest BCUT2D eigenvalue weighted by Crippen LogP contribution is 2.18. The van der Waals surface area contributed by atoms with Crippen molar-refractivity contribution < 1.29 is 27.9 Å². The predicted molar refractivity (Wildman–Crippen MR) is 55.5 cm³/mol. The summed E-state index contributed by atoms with van der Waals surface area (Å²) in [4.78, 5) is 21.7. The maximum Gasteiger partial charge on any atom is 0.471 e. The van der Waals surface area contributed by atoms with Crippen LogP contribution in [-0.4, -0.2) is 41.8 Å². The van der Waals surface area contributed by atoms with Gasteiger partial charge in [-0.25, -0.2) is 0 Å². The Morgan fingerprint density at radius 1 is 1.17 bits per heavy atom. The van der Waals surface area contributed by atoms with Gasteiger partial charge in [0.1, 0.15) is 0 Å². The molecule has 0 aliphatic heterocycles. The molecule has 0 heterocycles. The Bertz CT molecular complexity index is 312. The first-order valence-electron chi connectivity index (χ1n) is 5.61. The molecule has 0 atom stereocenters. The molecule has 1 fully saturated rings. The van der Waals surface area contributed by atoms with E-state index >= 15 is 0 Å². The number of hydrogen-bond acceptors (Lipinski definition) is 3. The van der Waals surface area contributed by atoms with Gasteiger partial charge >= 0.3 is 12.1 Å². The number of amides is 2. The molecular weight excluding hydrogens is 253 g/mol. The van der Waals surface area contributed by atoms with Gasteiger partial charge in [0.05, 0.1) is 12.6 Å². The number of carbonyl (C=O) groups excluding carboxylic acids is 2. The van der Waals surface area contributed by atoms with Crippen LogP contribution in [0.25, 0.3) is 0 Å². The Morgan fingerprint density at radius 3 is 2.22 bits per heavy atom. The fourth-order valence-electron chi connectivity index (χ4n) is 1.76. The summed E-state index contributed by atoms with van der Waals surface area (Å²) in [6, 6.07) is -0.149. The highest BCUT2D eigenvalue weighted by atomic mass is 19.4. The molecule has 104 valence electrons. The molecule has 0 saturated heterocycles. The van der Waals surface area contributed by atoms with Crippen molar-refractivity contribution in [2.24, 2.45) is 0 Å². The molecule has 1 rings (SSSR count). The molecule has 18 heavy (non-hydrogen) atoms. The number of nitrogens with one attached hydrogen (secondary N) is 2. The highest BCUT2D eigenvalue weighted by molar-refractivity contribution is 5.87. The molecule has 0 aromatic heterocycles. The van der Waals surface area contributed by atoms with Gasteiger partial charge in [-0.15, -0.1) is 0 Å². The summed E-state index contributed by atoms with van der Waals surface area (Å²) in [6.07, 6.45) is -3.07. The number of hydrogen-bond donors (Lipinski definition) is 3. The maximum atomic E-state index is 11.8. The van der Waals surface area contributed by atoms with E-state index in [1.165, 1.54) is 5.32 Å². The van der Waals surface area contributed by atoms with Crippen LogP contribution in [0.15, 0.2) is 0 Å². The van der Waals surface area contributed by atoms with E-state index in [0.717, 1.165) is 0 Å². The Balaban J connectivity index is 2.24. The number of carbonyl (C=O) groups is 2. The molecule has 5 nitrogen and oxygen atoms in total. The molecule has 2 amide bonds. The number of aliphatic hydroxyl groups excluding tert-OH is 1.